The van der Waals surface area contributed by atoms with Gasteiger partial charge in [-0.1, -0.05) is 13.8 Å². The second-order valence-corrected chi connectivity index (χ2v) is 6.17. The van der Waals surface area contributed by atoms with Gasteiger partial charge in [-0.15, -0.1) is 0 Å². The molecule has 2 nitrogen and oxygen atoms in total. The van der Waals surface area contributed by atoms with E-state index in [1.54, 1.807) is 0 Å². The van der Waals surface area contributed by atoms with E-state index in [1.165, 1.54) is 13.0 Å². The summed E-state index contributed by atoms with van der Waals surface area (Å²) in [6.45, 7) is 6.28. The Morgan fingerprint density at radius 3 is 2.67 bits per heavy atom. The summed E-state index contributed by atoms with van der Waals surface area (Å²) in [6.07, 6.45) is 2.36. The summed E-state index contributed by atoms with van der Waals surface area (Å²) in [4.78, 5) is 2.29. The van der Waals surface area contributed by atoms with Crippen LogP contribution in [0, 0.1) is 0 Å². The number of hydrogen-bond donors (Lipinski definition) is 0. The van der Waals surface area contributed by atoms with Crippen LogP contribution in [0.2, 0.25) is 0 Å². The van der Waals surface area contributed by atoms with Crippen LogP contribution >= 0.6 is 0 Å². The van der Waals surface area contributed by atoms with E-state index in [0.29, 0.717) is 10.5 Å². The quantitative estimate of drug-likeness (QED) is 0.651. The van der Waals surface area contributed by atoms with E-state index in [2.05, 4.69) is 11.9 Å². The van der Waals surface area contributed by atoms with Crippen LogP contribution in [0.15, 0.2) is 0 Å². The predicted octanol–water partition coefficient (Wildman–Crippen LogP) is 1.24. The lowest BCUT2D eigenvalue weighted by atomic mass is 10.1. The van der Waals surface area contributed by atoms with E-state index in [-0.39, 0.29) is 0 Å². The van der Waals surface area contributed by atoms with Crippen LogP contribution in [0.5, 0.6) is 0 Å². The van der Waals surface area contributed by atoms with Gasteiger partial charge in [-0.2, -0.15) is 0 Å². The maximum Gasteiger partial charge on any atom is 0.0478 e. The Labute approximate surface area is 77.8 Å². The first-order valence-electron chi connectivity index (χ1n) is 4.69. The fourth-order valence-corrected chi connectivity index (χ4v) is 3.26. The molecule has 1 saturated heterocycles. The Morgan fingerprint density at radius 2 is 2.17 bits per heavy atom. The van der Waals surface area contributed by atoms with Crippen molar-refractivity contribution in [2.75, 3.05) is 20.1 Å². The minimum absolute atomic E-state index is 0.321. The summed E-state index contributed by atoms with van der Waals surface area (Å²) in [5, 5.41) is 0.741. The third kappa shape index (κ3) is 2.56. The van der Waals surface area contributed by atoms with E-state index in [9.17, 15) is 4.21 Å². The molecule has 1 aliphatic rings. The highest BCUT2D eigenvalue weighted by molar-refractivity contribution is 7.86. The van der Waals surface area contributed by atoms with Gasteiger partial charge in [-0.3, -0.25) is 4.21 Å². The Bertz CT molecular complexity index is 170. The lowest BCUT2D eigenvalue weighted by Crippen LogP contribution is -2.39. The molecule has 2 unspecified atom stereocenters. The molecule has 12 heavy (non-hydrogen) atoms. The molecule has 2 atom stereocenters. The molecule has 0 radical (unpaired) electrons. The zero-order valence-corrected chi connectivity index (χ0v) is 9.06. The molecule has 1 fully saturated rings. The molecule has 0 saturated carbocycles. The van der Waals surface area contributed by atoms with Gasteiger partial charge in [0.1, 0.15) is 0 Å². The van der Waals surface area contributed by atoms with Crippen LogP contribution in [0.25, 0.3) is 0 Å². The predicted molar refractivity (Wildman–Crippen MR) is 53.8 cm³/mol. The number of likely N-dealkylation sites (tertiary alicyclic amines) is 1. The molecule has 3 heteroatoms. The van der Waals surface area contributed by atoms with Crippen molar-refractivity contribution in [3.05, 3.63) is 0 Å². The summed E-state index contributed by atoms with van der Waals surface area (Å²) in [6, 6.07) is 0. The van der Waals surface area contributed by atoms with Crippen LogP contribution in [-0.4, -0.2) is 39.7 Å². The average molecular weight is 189 g/mol. The van der Waals surface area contributed by atoms with Gasteiger partial charge in [-0.25, -0.2) is 0 Å². The lowest BCUT2D eigenvalue weighted by molar-refractivity contribution is 0.280. The van der Waals surface area contributed by atoms with Crippen molar-refractivity contribution < 1.29 is 4.21 Å². The van der Waals surface area contributed by atoms with Crippen molar-refractivity contribution in [3.63, 3.8) is 0 Å². The molecule has 72 valence electrons. The number of rotatable bonds is 2. The van der Waals surface area contributed by atoms with Gasteiger partial charge in [0.25, 0.3) is 0 Å². The minimum Gasteiger partial charge on any atom is -0.305 e. The minimum atomic E-state index is -0.621. The summed E-state index contributed by atoms with van der Waals surface area (Å²) < 4.78 is 11.7. The van der Waals surface area contributed by atoms with Crippen molar-refractivity contribution >= 4 is 10.8 Å². The van der Waals surface area contributed by atoms with Crippen molar-refractivity contribution in [1.29, 1.82) is 0 Å². The van der Waals surface area contributed by atoms with Gasteiger partial charge in [0.2, 0.25) is 0 Å². The SMILES string of the molecule is CC(C)S(=O)C1CCCN(C)C1. The summed E-state index contributed by atoms with van der Waals surface area (Å²) in [5.74, 6) is 0. The fourth-order valence-electron chi connectivity index (χ4n) is 1.69. The smallest absolute Gasteiger partial charge is 0.0478 e. The van der Waals surface area contributed by atoms with Crippen molar-refractivity contribution in [3.8, 4) is 0 Å². The zero-order chi connectivity index (χ0) is 9.14. The van der Waals surface area contributed by atoms with Crippen molar-refractivity contribution in [2.45, 2.75) is 37.2 Å². The van der Waals surface area contributed by atoms with Crippen molar-refractivity contribution in [2.24, 2.45) is 0 Å². The maximum atomic E-state index is 11.7. The maximum absolute atomic E-state index is 11.7. The van der Waals surface area contributed by atoms with Crippen LogP contribution in [0.3, 0.4) is 0 Å². The highest BCUT2D eigenvalue weighted by atomic mass is 32.2. The van der Waals surface area contributed by atoms with E-state index < -0.39 is 10.8 Å². The van der Waals surface area contributed by atoms with Gasteiger partial charge in [0, 0.05) is 27.8 Å². The molecule has 1 heterocycles. The Balaban J connectivity index is 2.46. The number of hydrogen-bond acceptors (Lipinski definition) is 2. The van der Waals surface area contributed by atoms with Gasteiger partial charge in [0.15, 0.2) is 0 Å². The Kier molecular flexibility index (Phi) is 3.72. The van der Waals surface area contributed by atoms with Crippen LogP contribution < -0.4 is 0 Å². The Hall–Kier alpha value is 0.110. The molecule has 0 aliphatic carbocycles. The topological polar surface area (TPSA) is 20.3 Å². The molecule has 0 aromatic heterocycles. The second-order valence-electron chi connectivity index (χ2n) is 3.90. The standard InChI is InChI=1S/C9H19NOS/c1-8(2)12(11)9-5-4-6-10(3)7-9/h8-9H,4-7H2,1-3H3. The van der Waals surface area contributed by atoms with Crippen LogP contribution in [0.1, 0.15) is 26.7 Å². The van der Waals surface area contributed by atoms with E-state index in [1.807, 2.05) is 13.8 Å². The third-order valence-corrected chi connectivity index (χ3v) is 4.35. The highest BCUT2D eigenvalue weighted by Gasteiger charge is 2.23. The first-order chi connectivity index (χ1) is 5.61. The third-order valence-electron chi connectivity index (χ3n) is 2.37. The molecule has 0 amide bonds. The monoisotopic (exact) mass is 189 g/mol. The van der Waals surface area contributed by atoms with E-state index in [4.69, 9.17) is 0 Å². The van der Waals surface area contributed by atoms with Crippen LogP contribution in [-0.2, 0) is 10.8 Å². The van der Waals surface area contributed by atoms with E-state index in [0.717, 1.165) is 13.0 Å². The Morgan fingerprint density at radius 1 is 1.50 bits per heavy atom. The van der Waals surface area contributed by atoms with Crippen LogP contribution in [0.4, 0.5) is 0 Å². The molecule has 0 spiro atoms. The second kappa shape index (κ2) is 4.38. The largest absolute Gasteiger partial charge is 0.305 e. The molecule has 0 N–H and O–H groups in total. The molecular weight excluding hydrogens is 170 g/mol. The average Bonchev–Trinajstić information content (AvgIpc) is 2.03. The molecule has 0 aromatic carbocycles. The summed E-state index contributed by atoms with van der Waals surface area (Å²) >= 11 is 0. The van der Waals surface area contributed by atoms with Gasteiger partial charge >= 0.3 is 0 Å². The molecule has 1 rings (SSSR count). The lowest BCUT2D eigenvalue weighted by Gasteiger charge is -2.29. The molecular formula is C9H19NOS. The summed E-state index contributed by atoms with van der Waals surface area (Å²) in [5.41, 5.74) is 0. The number of nitrogens with zero attached hydrogens (tertiary/aromatic N) is 1. The highest BCUT2D eigenvalue weighted by Crippen LogP contribution is 2.16. The summed E-state index contributed by atoms with van der Waals surface area (Å²) in [7, 11) is 1.49. The molecule has 0 aromatic rings. The zero-order valence-electron chi connectivity index (χ0n) is 8.25. The first kappa shape index (κ1) is 10.2. The fraction of sp³-hybridized carbons (Fsp3) is 1.00. The van der Waals surface area contributed by atoms with Gasteiger partial charge in [0.05, 0.1) is 0 Å². The normalized spacial score (nSPS) is 29.2. The molecule has 0 bridgehead atoms. The van der Waals surface area contributed by atoms with Gasteiger partial charge in [-0.05, 0) is 26.4 Å². The van der Waals surface area contributed by atoms with Gasteiger partial charge < -0.3 is 4.90 Å². The van der Waals surface area contributed by atoms with Crippen molar-refractivity contribution in [1.82, 2.24) is 4.90 Å². The number of piperidine rings is 1. The first-order valence-corrected chi connectivity index (χ1v) is 5.97. The molecule has 1 aliphatic heterocycles. The van der Waals surface area contributed by atoms with E-state index >= 15 is 0 Å².